The molecule has 0 fully saturated rings. The normalized spacial score (nSPS) is 10.9. The third kappa shape index (κ3) is 16.5. The number of aromatic nitrogens is 4. The van der Waals surface area contributed by atoms with Crippen molar-refractivity contribution in [2.45, 2.75) is 24.6 Å². The van der Waals surface area contributed by atoms with E-state index in [9.17, 15) is 45.5 Å². The number of nitrogens with zero attached hydrogens (tertiary/aromatic N) is 3. The number of ether oxygens (including phenoxy) is 2. The fourth-order valence-electron chi connectivity index (χ4n) is 4.45. The van der Waals surface area contributed by atoms with Crippen LogP contribution in [0.3, 0.4) is 0 Å². The van der Waals surface area contributed by atoms with Crippen LogP contribution in [0.25, 0.3) is 0 Å². The van der Waals surface area contributed by atoms with Crippen molar-refractivity contribution in [3.8, 4) is 11.5 Å². The summed E-state index contributed by atoms with van der Waals surface area (Å²) in [7, 11) is 0. The van der Waals surface area contributed by atoms with Crippen LogP contribution in [0.2, 0.25) is 0 Å². The van der Waals surface area contributed by atoms with Crippen molar-refractivity contribution >= 4 is 71.0 Å². The summed E-state index contributed by atoms with van der Waals surface area (Å²) in [5, 5.41) is 15.5. The van der Waals surface area contributed by atoms with Crippen molar-refractivity contribution in [3.63, 3.8) is 0 Å². The maximum atomic E-state index is 12.4. The second kappa shape index (κ2) is 21.3. The number of H-pyrrole nitrogens is 1. The predicted molar refractivity (Wildman–Crippen MR) is 216 cm³/mol. The molecule has 0 spiro atoms. The third-order valence-electron chi connectivity index (χ3n) is 6.97. The number of alkyl halides is 7. The highest BCUT2D eigenvalue weighted by atomic mass is 79.9. The first-order valence-electron chi connectivity index (χ1n) is 16.4. The van der Waals surface area contributed by atoms with E-state index in [2.05, 4.69) is 95.3 Å². The summed E-state index contributed by atoms with van der Waals surface area (Å²) >= 11 is 10.1. The van der Waals surface area contributed by atoms with E-state index >= 15 is 0 Å². The smallest absolute Gasteiger partial charge is 0.406 e. The Labute approximate surface area is 355 Å². The van der Waals surface area contributed by atoms with E-state index in [1.807, 2.05) is 36.4 Å². The molecular weight excluding hydrogens is 990 g/mol. The minimum atomic E-state index is -4.79. The highest BCUT2D eigenvalue weighted by molar-refractivity contribution is 9.10. The van der Waals surface area contributed by atoms with E-state index in [0.717, 1.165) is 54.9 Å². The van der Waals surface area contributed by atoms with Gasteiger partial charge in [-0.1, -0.05) is 72.1 Å². The Morgan fingerprint density at radius 1 is 0.644 bits per heavy atom. The van der Waals surface area contributed by atoms with Gasteiger partial charge in [-0.15, -0.1) is 26.3 Å². The van der Waals surface area contributed by atoms with Gasteiger partial charge in [0.05, 0.1) is 6.54 Å². The largest absolute Gasteiger partial charge is 0.573 e. The van der Waals surface area contributed by atoms with Crippen LogP contribution in [0.4, 0.5) is 37.7 Å². The third-order valence-corrected chi connectivity index (χ3v) is 8.60. The number of amides is 2. The first-order valence-corrected chi connectivity index (χ1v) is 19.1. The standard InChI is InChI=1S/C19H13BrF3N3O3.C12H8F3N3O3.C7H6Br2/c20-13-3-1-2-12(10-13)11-26-17(27)9-8-16(25-26)18(28)24-14-4-6-15(7-5-14)29-19(21,22)23;13-12(14,15)21-8-3-1-7(2-4-8)16-11(20)9-5-6-10(19)18-17-9;8-5-6-2-1-3-7(9)4-6/h1-10H,11H2,(H,24,28);1-6H,(H,16,20)(H,18,19);1-4H,5H2. The van der Waals surface area contributed by atoms with Crippen molar-refractivity contribution < 1.29 is 45.4 Å². The average Bonchev–Trinajstić information content (AvgIpc) is 3.17. The molecule has 6 rings (SSSR count). The van der Waals surface area contributed by atoms with Crippen molar-refractivity contribution in [2.75, 3.05) is 10.6 Å². The molecule has 0 aliphatic rings. The maximum Gasteiger partial charge on any atom is 0.573 e. The average molecular weight is 1020 g/mol. The number of hydrogen-bond acceptors (Lipinski definition) is 8. The van der Waals surface area contributed by atoms with Gasteiger partial charge >= 0.3 is 12.7 Å². The number of carbonyl (C=O) groups excluding carboxylic acids is 2. The number of nitrogens with one attached hydrogen (secondary N) is 3. The van der Waals surface area contributed by atoms with Crippen molar-refractivity contribution in [1.82, 2.24) is 20.0 Å². The van der Waals surface area contributed by atoms with E-state index in [-0.39, 0.29) is 34.9 Å². The minimum absolute atomic E-state index is 0.0183. The van der Waals surface area contributed by atoms with E-state index in [1.165, 1.54) is 48.0 Å². The summed E-state index contributed by atoms with van der Waals surface area (Å²) in [6, 6.07) is 29.6. The van der Waals surface area contributed by atoms with Crippen LogP contribution < -0.4 is 31.2 Å². The summed E-state index contributed by atoms with van der Waals surface area (Å²) in [4.78, 5) is 47.0. The van der Waals surface area contributed by atoms with Crippen molar-refractivity contribution in [3.05, 3.63) is 173 Å². The second-order valence-electron chi connectivity index (χ2n) is 11.5. The molecule has 0 radical (unpaired) electrons. The fraction of sp³-hybridized carbons (Fsp3) is 0.105. The zero-order valence-corrected chi connectivity index (χ0v) is 34.4. The number of halogens is 9. The molecular formula is C38H27Br3F6N6O6. The Morgan fingerprint density at radius 3 is 1.56 bits per heavy atom. The number of benzene rings is 4. The van der Waals surface area contributed by atoms with Crippen molar-refractivity contribution in [2.24, 2.45) is 0 Å². The van der Waals surface area contributed by atoms with Crippen LogP contribution in [0.1, 0.15) is 32.1 Å². The van der Waals surface area contributed by atoms with Crippen LogP contribution in [0, 0.1) is 0 Å². The Hall–Kier alpha value is -5.80. The Kier molecular flexibility index (Phi) is 16.5. The minimum Gasteiger partial charge on any atom is -0.406 e. The molecule has 2 amide bonds. The van der Waals surface area contributed by atoms with Crippen LogP contribution in [-0.2, 0) is 11.9 Å². The number of hydrogen-bond donors (Lipinski definition) is 3. The van der Waals surface area contributed by atoms with Gasteiger partial charge < -0.3 is 20.1 Å². The first-order chi connectivity index (χ1) is 27.9. The van der Waals surface area contributed by atoms with Crippen LogP contribution in [0.5, 0.6) is 11.5 Å². The van der Waals surface area contributed by atoms with Gasteiger partial charge in [-0.05, 0) is 96.1 Å². The van der Waals surface area contributed by atoms with Gasteiger partial charge in [-0.2, -0.15) is 10.2 Å². The van der Waals surface area contributed by atoms with Gasteiger partial charge in [0, 0.05) is 37.8 Å². The lowest BCUT2D eigenvalue weighted by atomic mass is 10.2. The molecule has 2 aromatic heterocycles. The van der Waals surface area contributed by atoms with Crippen molar-refractivity contribution in [1.29, 1.82) is 0 Å². The van der Waals surface area contributed by atoms with Gasteiger partial charge in [-0.25, -0.2) is 9.78 Å². The summed E-state index contributed by atoms with van der Waals surface area (Å²) in [6.07, 6.45) is -9.57. The SMILES string of the molecule is BrCc1cccc(Br)c1.O=C(Nc1ccc(OC(F)(F)F)cc1)c1ccc(=O)[nH]n1.O=C(Nc1ccc(OC(F)(F)F)cc1)c1ccc(=O)n(Cc2cccc(Br)c2)n1. The fourth-order valence-corrected chi connectivity index (χ4v) is 5.69. The molecule has 6 aromatic rings. The molecule has 0 bridgehead atoms. The molecule has 2 heterocycles. The molecule has 4 aromatic carbocycles. The highest BCUT2D eigenvalue weighted by Gasteiger charge is 2.31. The molecule has 59 heavy (non-hydrogen) atoms. The van der Waals surface area contributed by atoms with Crippen LogP contribution in [0.15, 0.2) is 140 Å². The van der Waals surface area contributed by atoms with Gasteiger partial charge in [-0.3, -0.25) is 19.2 Å². The highest BCUT2D eigenvalue weighted by Crippen LogP contribution is 2.25. The van der Waals surface area contributed by atoms with E-state index in [4.69, 9.17) is 0 Å². The maximum absolute atomic E-state index is 12.4. The molecule has 0 saturated carbocycles. The molecule has 21 heteroatoms. The summed E-state index contributed by atoms with van der Waals surface area (Å²) < 4.78 is 83.1. The van der Waals surface area contributed by atoms with E-state index in [1.54, 1.807) is 0 Å². The number of rotatable bonds is 9. The molecule has 0 saturated heterocycles. The Morgan fingerprint density at radius 2 is 1.12 bits per heavy atom. The summed E-state index contributed by atoms with van der Waals surface area (Å²) in [6.45, 7) is 0.170. The zero-order chi connectivity index (χ0) is 43.2. The van der Waals surface area contributed by atoms with Gasteiger partial charge in [0.25, 0.3) is 22.9 Å². The van der Waals surface area contributed by atoms with Gasteiger partial charge in [0.1, 0.15) is 22.9 Å². The molecule has 0 aliphatic heterocycles. The zero-order valence-electron chi connectivity index (χ0n) is 29.7. The monoisotopic (exact) mass is 1010 g/mol. The summed E-state index contributed by atoms with van der Waals surface area (Å²) in [5.41, 5.74) is 1.71. The van der Waals surface area contributed by atoms with Crippen LogP contribution in [-0.4, -0.2) is 44.5 Å². The molecule has 0 aliphatic carbocycles. The van der Waals surface area contributed by atoms with E-state index < -0.39 is 41.6 Å². The molecule has 308 valence electrons. The molecule has 12 nitrogen and oxygen atoms in total. The Balaban J connectivity index is 0.000000222. The first kappa shape index (κ1) is 45.9. The lowest BCUT2D eigenvalue weighted by Gasteiger charge is -2.10. The number of carbonyl (C=O) groups is 2. The molecule has 0 unspecified atom stereocenters. The van der Waals surface area contributed by atoms with Crippen LogP contribution >= 0.6 is 47.8 Å². The summed E-state index contributed by atoms with van der Waals surface area (Å²) in [5.74, 6) is -2.04. The van der Waals surface area contributed by atoms with Gasteiger partial charge in [0.2, 0.25) is 0 Å². The Bertz CT molecular complexity index is 2450. The molecule has 0 atom stereocenters. The van der Waals surface area contributed by atoms with E-state index in [0.29, 0.717) is 0 Å². The number of anilines is 2. The quantitative estimate of drug-likeness (QED) is 0.0956. The molecule has 3 N–H and O–H groups in total. The van der Waals surface area contributed by atoms with Gasteiger partial charge in [0.15, 0.2) is 0 Å². The number of aromatic amines is 1. The second-order valence-corrected chi connectivity index (χ2v) is 13.9. The predicted octanol–water partition coefficient (Wildman–Crippen LogP) is 9.47. The topological polar surface area (TPSA) is 157 Å². The lowest BCUT2D eigenvalue weighted by molar-refractivity contribution is -0.275. The lowest BCUT2D eigenvalue weighted by Crippen LogP contribution is -2.26.